The molecular formula is C15H16F3N3O3. The number of hydrogen-bond acceptors (Lipinski definition) is 5. The number of hydrogen-bond donors (Lipinski definition) is 0. The zero-order valence-electron chi connectivity index (χ0n) is 13.5. The number of carbonyl (C=O) groups is 1. The van der Waals surface area contributed by atoms with Gasteiger partial charge < -0.3 is 9.47 Å². The van der Waals surface area contributed by atoms with E-state index in [1.165, 1.54) is 17.9 Å². The zero-order valence-corrected chi connectivity index (χ0v) is 13.5. The van der Waals surface area contributed by atoms with Gasteiger partial charge in [-0.1, -0.05) is 0 Å². The molecule has 0 radical (unpaired) electrons. The number of aryl methyl sites for hydroxylation is 1. The van der Waals surface area contributed by atoms with E-state index in [-0.39, 0.29) is 17.3 Å². The average Bonchev–Trinajstić information content (AvgIpc) is 2.77. The Labute approximate surface area is 136 Å². The number of nitrogens with zero attached hydrogens (tertiary/aromatic N) is 3. The molecule has 0 bridgehead atoms. The second-order valence-electron chi connectivity index (χ2n) is 5.97. The summed E-state index contributed by atoms with van der Waals surface area (Å²) in [4.78, 5) is 15.9. The smallest absolute Gasteiger partial charge is 0.416 e. The minimum Gasteiger partial charge on any atom is -0.455 e. The van der Waals surface area contributed by atoms with Gasteiger partial charge in [-0.2, -0.15) is 18.3 Å². The van der Waals surface area contributed by atoms with Gasteiger partial charge in [0.2, 0.25) is 5.88 Å². The lowest BCUT2D eigenvalue weighted by Gasteiger charge is -2.19. The Morgan fingerprint density at radius 3 is 2.50 bits per heavy atom. The lowest BCUT2D eigenvalue weighted by Crippen LogP contribution is -2.25. The maximum absolute atomic E-state index is 12.7. The van der Waals surface area contributed by atoms with Gasteiger partial charge in [-0.15, -0.1) is 0 Å². The van der Waals surface area contributed by atoms with Gasteiger partial charge in [0.25, 0.3) is 0 Å². The third kappa shape index (κ3) is 4.24. The van der Waals surface area contributed by atoms with E-state index in [4.69, 9.17) is 9.47 Å². The molecule has 2 heterocycles. The fourth-order valence-corrected chi connectivity index (χ4v) is 1.81. The number of rotatable bonds is 3. The van der Waals surface area contributed by atoms with E-state index >= 15 is 0 Å². The highest BCUT2D eigenvalue weighted by Crippen LogP contribution is 2.32. The molecule has 2 rings (SSSR count). The predicted octanol–water partition coefficient (Wildman–Crippen LogP) is 3.58. The summed E-state index contributed by atoms with van der Waals surface area (Å²) in [6.07, 6.45) is -2.34. The molecule has 6 nitrogen and oxygen atoms in total. The fourth-order valence-electron chi connectivity index (χ4n) is 1.81. The molecule has 0 fully saturated rings. The van der Waals surface area contributed by atoms with Gasteiger partial charge in [0, 0.05) is 19.3 Å². The van der Waals surface area contributed by atoms with Crippen LogP contribution in [0.5, 0.6) is 11.6 Å². The lowest BCUT2D eigenvalue weighted by molar-refractivity contribution is -0.137. The Hall–Kier alpha value is -2.58. The number of ether oxygens (including phenoxy) is 2. The second kappa shape index (κ2) is 6.14. The van der Waals surface area contributed by atoms with Gasteiger partial charge in [0.1, 0.15) is 5.60 Å². The molecule has 24 heavy (non-hydrogen) atoms. The first-order valence-corrected chi connectivity index (χ1v) is 6.94. The molecule has 0 N–H and O–H groups in total. The SMILES string of the molecule is Cn1ncc(Oc2cc(C(F)(F)F)ccn2)c1C(=O)OC(C)(C)C. The Kier molecular flexibility index (Phi) is 4.54. The summed E-state index contributed by atoms with van der Waals surface area (Å²) in [5.74, 6) is -1.05. The standard InChI is InChI=1S/C15H16F3N3O3/c1-14(2,3)24-13(22)12-10(8-20-21(12)4)23-11-7-9(5-6-19-11)15(16,17)18/h5-8H,1-4H3. The molecule has 0 aliphatic carbocycles. The largest absolute Gasteiger partial charge is 0.455 e. The maximum Gasteiger partial charge on any atom is 0.416 e. The van der Waals surface area contributed by atoms with Gasteiger partial charge >= 0.3 is 12.1 Å². The topological polar surface area (TPSA) is 66.2 Å². The number of esters is 1. The molecule has 0 aliphatic heterocycles. The first-order chi connectivity index (χ1) is 11.0. The van der Waals surface area contributed by atoms with E-state index in [1.54, 1.807) is 20.8 Å². The quantitative estimate of drug-likeness (QED) is 0.797. The van der Waals surface area contributed by atoms with Crippen LogP contribution in [0.4, 0.5) is 13.2 Å². The molecule has 0 amide bonds. The summed E-state index contributed by atoms with van der Waals surface area (Å²) in [5, 5.41) is 3.88. The van der Waals surface area contributed by atoms with Crippen molar-refractivity contribution in [2.75, 3.05) is 0 Å². The Morgan fingerprint density at radius 2 is 1.92 bits per heavy atom. The summed E-state index contributed by atoms with van der Waals surface area (Å²) in [6, 6.07) is 1.57. The van der Waals surface area contributed by atoms with E-state index in [1.807, 2.05) is 0 Å². The molecular weight excluding hydrogens is 327 g/mol. The molecule has 0 saturated carbocycles. The second-order valence-corrected chi connectivity index (χ2v) is 5.97. The summed E-state index contributed by atoms with van der Waals surface area (Å²) < 4.78 is 50.0. The van der Waals surface area contributed by atoms with Crippen molar-refractivity contribution in [2.24, 2.45) is 7.05 Å². The molecule has 130 valence electrons. The molecule has 0 aromatic carbocycles. The van der Waals surface area contributed by atoms with Gasteiger partial charge in [-0.25, -0.2) is 9.78 Å². The van der Waals surface area contributed by atoms with Crippen molar-refractivity contribution in [1.29, 1.82) is 0 Å². The van der Waals surface area contributed by atoms with Crippen molar-refractivity contribution in [3.05, 3.63) is 35.8 Å². The summed E-state index contributed by atoms with van der Waals surface area (Å²) in [6.45, 7) is 5.07. The molecule has 9 heteroatoms. The number of halogens is 3. The van der Waals surface area contributed by atoms with Crippen LogP contribution in [0.2, 0.25) is 0 Å². The third-order valence-electron chi connectivity index (χ3n) is 2.77. The van der Waals surface area contributed by atoms with E-state index in [0.717, 1.165) is 18.3 Å². The van der Waals surface area contributed by atoms with Crippen molar-refractivity contribution in [2.45, 2.75) is 32.5 Å². The van der Waals surface area contributed by atoms with E-state index < -0.39 is 23.3 Å². The predicted molar refractivity (Wildman–Crippen MR) is 77.7 cm³/mol. The molecule has 2 aromatic rings. The van der Waals surface area contributed by atoms with E-state index in [0.29, 0.717) is 0 Å². The average molecular weight is 343 g/mol. The van der Waals surface area contributed by atoms with Crippen LogP contribution in [-0.2, 0) is 18.0 Å². The molecule has 0 spiro atoms. The third-order valence-corrected chi connectivity index (χ3v) is 2.77. The Balaban J connectivity index is 2.30. The molecule has 2 aromatic heterocycles. The monoisotopic (exact) mass is 343 g/mol. The minimum absolute atomic E-state index is 0.0239. The Morgan fingerprint density at radius 1 is 1.25 bits per heavy atom. The van der Waals surface area contributed by atoms with Crippen LogP contribution >= 0.6 is 0 Å². The van der Waals surface area contributed by atoms with Gasteiger partial charge in [0.05, 0.1) is 11.8 Å². The van der Waals surface area contributed by atoms with Crippen LogP contribution in [0.1, 0.15) is 36.8 Å². The highest BCUT2D eigenvalue weighted by molar-refractivity contribution is 5.90. The number of carbonyl (C=O) groups excluding carboxylic acids is 1. The van der Waals surface area contributed by atoms with Gasteiger partial charge in [-0.05, 0) is 26.8 Å². The van der Waals surface area contributed by atoms with Crippen LogP contribution < -0.4 is 4.74 Å². The summed E-state index contributed by atoms with van der Waals surface area (Å²) in [5.41, 5.74) is -1.67. The molecule has 0 atom stereocenters. The van der Waals surface area contributed by atoms with Crippen molar-refractivity contribution in [3.63, 3.8) is 0 Å². The van der Waals surface area contributed by atoms with Gasteiger partial charge in [-0.3, -0.25) is 4.68 Å². The maximum atomic E-state index is 12.7. The van der Waals surface area contributed by atoms with E-state index in [9.17, 15) is 18.0 Å². The van der Waals surface area contributed by atoms with Crippen LogP contribution in [0, 0.1) is 0 Å². The molecule has 0 unspecified atom stereocenters. The zero-order chi connectivity index (χ0) is 18.1. The molecule has 0 saturated heterocycles. The van der Waals surface area contributed by atoms with Crippen molar-refractivity contribution in [3.8, 4) is 11.6 Å². The first-order valence-electron chi connectivity index (χ1n) is 6.94. The minimum atomic E-state index is -4.52. The molecule has 0 aliphatic rings. The Bertz CT molecular complexity index is 748. The summed E-state index contributed by atoms with van der Waals surface area (Å²) in [7, 11) is 1.49. The van der Waals surface area contributed by atoms with E-state index in [2.05, 4.69) is 10.1 Å². The van der Waals surface area contributed by atoms with Crippen LogP contribution in [0.15, 0.2) is 24.5 Å². The highest BCUT2D eigenvalue weighted by Gasteiger charge is 2.31. The van der Waals surface area contributed by atoms with Crippen LogP contribution in [0.3, 0.4) is 0 Å². The normalized spacial score (nSPS) is 12.1. The van der Waals surface area contributed by atoms with Crippen LogP contribution in [0.25, 0.3) is 0 Å². The fraction of sp³-hybridized carbons (Fsp3) is 0.400. The number of alkyl halides is 3. The number of aromatic nitrogens is 3. The highest BCUT2D eigenvalue weighted by atomic mass is 19.4. The van der Waals surface area contributed by atoms with Crippen molar-refractivity contribution < 1.29 is 27.4 Å². The number of pyridine rings is 1. The van der Waals surface area contributed by atoms with Gasteiger partial charge in [0.15, 0.2) is 11.4 Å². The van der Waals surface area contributed by atoms with Crippen molar-refractivity contribution in [1.82, 2.24) is 14.8 Å². The lowest BCUT2D eigenvalue weighted by atomic mass is 10.2. The van der Waals surface area contributed by atoms with Crippen molar-refractivity contribution >= 4 is 5.97 Å². The first kappa shape index (κ1) is 17.8. The summed E-state index contributed by atoms with van der Waals surface area (Å²) >= 11 is 0. The van der Waals surface area contributed by atoms with Crippen LogP contribution in [-0.4, -0.2) is 26.3 Å².